The molecule has 1 aromatic rings. The first kappa shape index (κ1) is 17.3. The molecular weight excluding hydrogens is 330 g/mol. The second kappa shape index (κ2) is 7.27. The van der Waals surface area contributed by atoms with E-state index in [2.05, 4.69) is 15.9 Å². The van der Waals surface area contributed by atoms with Gasteiger partial charge in [0, 0.05) is 32.7 Å². The molecule has 0 bridgehead atoms. The van der Waals surface area contributed by atoms with Crippen molar-refractivity contribution in [3.05, 3.63) is 29.3 Å². The molecule has 1 aromatic carbocycles. The van der Waals surface area contributed by atoms with E-state index in [0.717, 1.165) is 70.6 Å². The maximum absolute atomic E-state index is 13.0. The summed E-state index contributed by atoms with van der Waals surface area (Å²) >= 11 is 0. The summed E-state index contributed by atoms with van der Waals surface area (Å²) in [6.07, 6.45) is 2.74. The highest BCUT2D eigenvalue weighted by atomic mass is 16.5. The Balaban J connectivity index is 1.36. The van der Waals surface area contributed by atoms with Crippen molar-refractivity contribution in [1.82, 2.24) is 9.80 Å². The molecule has 140 valence electrons. The summed E-state index contributed by atoms with van der Waals surface area (Å²) in [5.74, 6) is 0.109. The van der Waals surface area contributed by atoms with Gasteiger partial charge in [0.1, 0.15) is 0 Å². The quantitative estimate of drug-likeness (QED) is 0.763. The first-order valence-electron chi connectivity index (χ1n) is 9.63. The molecular formula is C20H27N3O3. The predicted octanol–water partition coefficient (Wildman–Crippen LogP) is 1.39. The van der Waals surface area contributed by atoms with Gasteiger partial charge in [-0.15, -0.1) is 0 Å². The third kappa shape index (κ3) is 3.18. The topological polar surface area (TPSA) is 53.1 Å². The van der Waals surface area contributed by atoms with Crippen molar-refractivity contribution in [1.29, 1.82) is 0 Å². The van der Waals surface area contributed by atoms with Gasteiger partial charge in [-0.1, -0.05) is 12.1 Å². The van der Waals surface area contributed by atoms with Crippen molar-refractivity contribution in [2.75, 3.05) is 57.8 Å². The molecule has 3 aliphatic rings. The van der Waals surface area contributed by atoms with Gasteiger partial charge in [0.15, 0.2) is 0 Å². The average molecular weight is 357 g/mol. The minimum atomic E-state index is -0.0886. The summed E-state index contributed by atoms with van der Waals surface area (Å²) in [7, 11) is 1.46. The lowest BCUT2D eigenvalue weighted by Crippen LogP contribution is -2.43. The van der Waals surface area contributed by atoms with Gasteiger partial charge in [0.2, 0.25) is 0 Å². The van der Waals surface area contributed by atoms with Crippen LogP contribution in [0.25, 0.3) is 0 Å². The summed E-state index contributed by atoms with van der Waals surface area (Å²) in [6, 6.07) is 6.13. The van der Waals surface area contributed by atoms with Gasteiger partial charge in [-0.25, -0.2) is 0 Å². The number of benzene rings is 1. The van der Waals surface area contributed by atoms with E-state index in [-0.39, 0.29) is 17.8 Å². The molecule has 4 rings (SSSR count). The van der Waals surface area contributed by atoms with Gasteiger partial charge in [0.25, 0.3) is 5.91 Å². The molecule has 1 saturated heterocycles. The lowest BCUT2D eigenvalue weighted by atomic mass is 9.97. The number of hydrogen-bond acceptors (Lipinski definition) is 5. The molecule has 0 aromatic heterocycles. The molecule has 3 aliphatic heterocycles. The number of amides is 1. The molecule has 0 aliphatic carbocycles. The number of likely N-dealkylation sites (tertiary alicyclic amines) is 1. The van der Waals surface area contributed by atoms with E-state index in [4.69, 9.17) is 4.74 Å². The average Bonchev–Trinajstić information content (AvgIpc) is 3.04. The summed E-state index contributed by atoms with van der Waals surface area (Å²) < 4.78 is 4.85. The minimum absolute atomic E-state index is 0.0350. The van der Waals surface area contributed by atoms with Crippen molar-refractivity contribution < 1.29 is 14.3 Å². The van der Waals surface area contributed by atoms with Crippen LogP contribution in [0, 0.1) is 5.92 Å². The zero-order chi connectivity index (χ0) is 18.1. The van der Waals surface area contributed by atoms with Crippen molar-refractivity contribution in [2.24, 2.45) is 5.92 Å². The van der Waals surface area contributed by atoms with E-state index in [0.29, 0.717) is 0 Å². The standard InChI is InChI=1S/C20H27N3O3/c1-26-20(25)16-5-8-21(9-6-16)11-12-23-14-13-22-10-7-15-3-2-4-17(18(15)22)19(23)24/h2-4,16H,5-14H2,1H3. The Bertz CT molecular complexity index is 698. The fourth-order valence-electron chi connectivity index (χ4n) is 4.48. The number of methoxy groups -OCH3 is 1. The number of nitrogens with zero attached hydrogens (tertiary/aromatic N) is 3. The van der Waals surface area contributed by atoms with Crippen LogP contribution in [0.4, 0.5) is 5.69 Å². The smallest absolute Gasteiger partial charge is 0.308 e. The van der Waals surface area contributed by atoms with Crippen LogP contribution < -0.4 is 4.90 Å². The first-order chi connectivity index (χ1) is 12.7. The zero-order valence-corrected chi connectivity index (χ0v) is 15.4. The van der Waals surface area contributed by atoms with E-state index < -0.39 is 0 Å². The largest absolute Gasteiger partial charge is 0.469 e. The van der Waals surface area contributed by atoms with E-state index >= 15 is 0 Å². The first-order valence-corrected chi connectivity index (χ1v) is 9.63. The number of carbonyl (C=O) groups excluding carboxylic acids is 2. The van der Waals surface area contributed by atoms with Crippen LogP contribution in [0.2, 0.25) is 0 Å². The maximum atomic E-state index is 13.0. The molecule has 3 heterocycles. The lowest BCUT2D eigenvalue weighted by Gasteiger charge is -2.32. The normalized spacial score (nSPS) is 20.9. The van der Waals surface area contributed by atoms with Crippen LogP contribution in [-0.2, 0) is 16.0 Å². The molecule has 1 fully saturated rings. The summed E-state index contributed by atoms with van der Waals surface area (Å²) in [6.45, 7) is 6.14. The third-order valence-electron chi connectivity index (χ3n) is 6.05. The number of rotatable bonds is 4. The van der Waals surface area contributed by atoms with E-state index in [1.165, 1.54) is 18.4 Å². The fourth-order valence-corrected chi connectivity index (χ4v) is 4.48. The van der Waals surface area contributed by atoms with Crippen LogP contribution in [0.1, 0.15) is 28.8 Å². The molecule has 6 nitrogen and oxygen atoms in total. The highest BCUT2D eigenvalue weighted by Gasteiger charge is 2.31. The SMILES string of the molecule is COC(=O)C1CCN(CCN2CCN3CCc4cccc(c43)C2=O)CC1. The Hall–Kier alpha value is -2.08. The molecule has 0 spiro atoms. The van der Waals surface area contributed by atoms with Gasteiger partial charge in [-0.2, -0.15) is 0 Å². The van der Waals surface area contributed by atoms with Crippen molar-refractivity contribution in [2.45, 2.75) is 19.3 Å². The number of carbonyl (C=O) groups is 2. The Morgan fingerprint density at radius 3 is 2.69 bits per heavy atom. The number of para-hydroxylation sites is 1. The molecule has 26 heavy (non-hydrogen) atoms. The van der Waals surface area contributed by atoms with Gasteiger partial charge in [-0.05, 0) is 44.0 Å². The molecule has 0 N–H and O–H groups in total. The zero-order valence-electron chi connectivity index (χ0n) is 15.4. The van der Waals surface area contributed by atoms with Crippen molar-refractivity contribution >= 4 is 17.6 Å². The van der Waals surface area contributed by atoms with Gasteiger partial charge >= 0.3 is 5.97 Å². The third-order valence-corrected chi connectivity index (χ3v) is 6.05. The molecule has 6 heteroatoms. The predicted molar refractivity (Wildman–Crippen MR) is 99.4 cm³/mol. The molecule has 1 amide bonds. The number of esters is 1. The van der Waals surface area contributed by atoms with Gasteiger partial charge < -0.3 is 19.4 Å². The van der Waals surface area contributed by atoms with Crippen LogP contribution in [-0.4, -0.2) is 74.6 Å². The molecule has 0 atom stereocenters. The molecule has 0 radical (unpaired) electrons. The van der Waals surface area contributed by atoms with Gasteiger partial charge in [-0.3, -0.25) is 9.59 Å². The second-order valence-corrected chi connectivity index (χ2v) is 7.48. The monoisotopic (exact) mass is 357 g/mol. The van der Waals surface area contributed by atoms with Crippen LogP contribution in [0.15, 0.2) is 18.2 Å². The Morgan fingerprint density at radius 2 is 1.92 bits per heavy atom. The summed E-state index contributed by atoms with van der Waals surface area (Å²) in [5, 5.41) is 0. The fraction of sp³-hybridized carbons (Fsp3) is 0.600. The summed E-state index contributed by atoms with van der Waals surface area (Å²) in [4.78, 5) is 31.4. The Morgan fingerprint density at radius 1 is 1.12 bits per heavy atom. The van der Waals surface area contributed by atoms with Gasteiger partial charge in [0.05, 0.1) is 24.3 Å². The van der Waals surface area contributed by atoms with E-state index in [9.17, 15) is 9.59 Å². The highest BCUT2D eigenvalue weighted by molar-refractivity contribution is 6.01. The lowest BCUT2D eigenvalue weighted by molar-refractivity contribution is -0.147. The van der Waals surface area contributed by atoms with Crippen molar-refractivity contribution in [3.8, 4) is 0 Å². The van der Waals surface area contributed by atoms with Crippen LogP contribution >= 0.6 is 0 Å². The van der Waals surface area contributed by atoms with E-state index in [1.807, 2.05) is 17.0 Å². The maximum Gasteiger partial charge on any atom is 0.308 e. The van der Waals surface area contributed by atoms with Crippen LogP contribution in [0.5, 0.6) is 0 Å². The van der Waals surface area contributed by atoms with E-state index in [1.54, 1.807) is 0 Å². The Labute approximate surface area is 154 Å². The number of anilines is 1. The summed E-state index contributed by atoms with van der Waals surface area (Å²) in [5.41, 5.74) is 3.34. The van der Waals surface area contributed by atoms with Crippen LogP contribution in [0.3, 0.4) is 0 Å². The number of piperidine rings is 1. The van der Waals surface area contributed by atoms with Crippen molar-refractivity contribution in [3.63, 3.8) is 0 Å². The molecule has 0 saturated carbocycles. The number of hydrogen-bond donors (Lipinski definition) is 0. The molecule has 0 unspecified atom stereocenters. The highest BCUT2D eigenvalue weighted by Crippen LogP contribution is 2.34. The minimum Gasteiger partial charge on any atom is -0.469 e. The Kier molecular flexibility index (Phi) is 4.85. The number of ether oxygens (including phenoxy) is 1. The second-order valence-electron chi connectivity index (χ2n) is 7.48.